The van der Waals surface area contributed by atoms with Gasteiger partial charge in [-0.05, 0) is 19.9 Å². The highest BCUT2D eigenvalue weighted by atomic mass is 16.6. The number of esters is 1. The zero-order chi connectivity index (χ0) is 16.2. The van der Waals surface area contributed by atoms with Crippen LogP contribution in [0.3, 0.4) is 0 Å². The third-order valence-electron chi connectivity index (χ3n) is 2.85. The van der Waals surface area contributed by atoms with Gasteiger partial charge < -0.3 is 14.7 Å². The predicted molar refractivity (Wildman–Crippen MR) is 72.9 cm³/mol. The summed E-state index contributed by atoms with van der Waals surface area (Å²) in [4.78, 5) is 34.8. The number of nitro benzene ring substituents is 1. The molecule has 0 unspecified atom stereocenters. The molecule has 1 amide bonds. The molecular formula is C13H16N2O6. The molecular weight excluding hydrogens is 280 g/mol. The third-order valence-corrected chi connectivity index (χ3v) is 2.85. The molecule has 0 fully saturated rings. The highest BCUT2D eigenvalue weighted by molar-refractivity contribution is 5.99. The quantitative estimate of drug-likeness (QED) is 0.498. The molecule has 0 radical (unpaired) electrons. The average Bonchev–Trinajstić information content (AvgIpc) is 2.43. The molecule has 1 aromatic rings. The maximum atomic E-state index is 12.4. The maximum Gasteiger partial charge on any atom is 0.325 e. The number of methoxy groups -OCH3 is 1. The summed E-state index contributed by atoms with van der Waals surface area (Å²) in [6.07, 6.45) is 0. The molecule has 0 aliphatic carbocycles. The van der Waals surface area contributed by atoms with Crippen LogP contribution in [-0.4, -0.2) is 46.5 Å². The fraction of sp³-hybridized carbons (Fsp3) is 0.385. The second kappa shape index (κ2) is 6.69. The fourth-order valence-corrected chi connectivity index (χ4v) is 1.70. The van der Waals surface area contributed by atoms with Gasteiger partial charge in [0.25, 0.3) is 5.91 Å². The van der Waals surface area contributed by atoms with Crippen LogP contribution in [-0.2, 0) is 9.53 Å². The summed E-state index contributed by atoms with van der Waals surface area (Å²) < 4.78 is 4.51. The first kappa shape index (κ1) is 16.4. The number of amides is 1. The van der Waals surface area contributed by atoms with Gasteiger partial charge in [-0.25, -0.2) is 0 Å². The Labute approximate surface area is 121 Å². The molecule has 0 atom stereocenters. The highest BCUT2D eigenvalue weighted by Crippen LogP contribution is 2.30. The van der Waals surface area contributed by atoms with E-state index < -0.39 is 28.2 Å². The molecule has 1 rings (SSSR count). The zero-order valence-electron chi connectivity index (χ0n) is 11.9. The summed E-state index contributed by atoms with van der Waals surface area (Å²) in [6.45, 7) is 3.04. The summed E-state index contributed by atoms with van der Waals surface area (Å²) in [5.74, 6) is -2.03. The van der Waals surface area contributed by atoms with E-state index in [9.17, 15) is 24.8 Å². The number of phenolic OH excluding ortho intramolecular Hbond substituents is 1. The van der Waals surface area contributed by atoms with Crippen LogP contribution in [0.1, 0.15) is 24.2 Å². The zero-order valence-corrected chi connectivity index (χ0v) is 11.9. The van der Waals surface area contributed by atoms with Crippen LogP contribution in [0.2, 0.25) is 0 Å². The lowest BCUT2D eigenvalue weighted by Gasteiger charge is -2.25. The fourth-order valence-electron chi connectivity index (χ4n) is 1.70. The Bertz CT molecular complexity index is 570. The molecule has 1 aromatic carbocycles. The van der Waals surface area contributed by atoms with Crippen molar-refractivity contribution in [2.24, 2.45) is 0 Å². The molecule has 8 heteroatoms. The molecule has 0 saturated carbocycles. The summed E-state index contributed by atoms with van der Waals surface area (Å²) in [5, 5.41) is 20.6. The van der Waals surface area contributed by atoms with E-state index in [-0.39, 0.29) is 18.2 Å². The van der Waals surface area contributed by atoms with Crippen molar-refractivity contribution in [2.75, 3.05) is 13.7 Å². The van der Waals surface area contributed by atoms with Crippen LogP contribution < -0.4 is 0 Å². The van der Waals surface area contributed by atoms with Gasteiger partial charge in [0.1, 0.15) is 6.54 Å². The first-order valence-electron chi connectivity index (χ1n) is 6.13. The Kier molecular flexibility index (Phi) is 5.23. The molecule has 0 aromatic heterocycles. The Morgan fingerprint density at radius 2 is 2.05 bits per heavy atom. The number of ether oxygens (including phenoxy) is 1. The Morgan fingerprint density at radius 3 is 2.52 bits per heavy atom. The van der Waals surface area contributed by atoms with Gasteiger partial charge in [0.05, 0.1) is 17.6 Å². The van der Waals surface area contributed by atoms with Crippen molar-refractivity contribution in [2.45, 2.75) is 19.9 Å². The summed E-state index contributed by atoms with van der Waals surface area (Å²) in [7, 11) is 1.19. The molecule has 114 valence electrons. The van der Waals surface area contributed by atoms with E-state index in [1.807, 2.05) is 0 Å². The maximum absolute atomic E-state index is 12.4. The third kappa shape index (κ3) is 3.68. The van der Waals surface area contributed by atoms with Crippen molar-refractivity contribution < 1.29 is 24.4 Å². The van der Waals surface area contributed by atoms with Crippen molar-refractivity contribution >= 4 is 17.6 Å². The van der Waals surface area contributed by atoms with E-state index in [0.29, 0.717) is 0 Å². The van der Waals surface area contributed by atoms with Crippen LogP contribution >= 0.6 is 0 Å². The lowest BCUT2D eigenvalue weighted by molar-refractivity contribution is -0.385. The lowest BCUT2D eigenvalue weighted by atomic mass is 10.1. The average molecular weight is 296 g/mol. The molecule has 0 aliphatic heterocycles. The van der Waals surface area contributed by atoms with Gasteiger partial charge in [-0.3, -0.25) is 19.7 Å². The van der Waals surface area contributed by atoms with E-state index in [0.717, 1.165) is 11.0 Å². The molecule has 0 heterocycles. The smallest absolute Gasteiger partial charge is 0.325 e. The molecule has 21 heavy (non-hydrogen) atoms. The van der Waals surface area contributed by atoms with Crippen LogP contribution in [0.15, 0.2) is 18.2 Å². The van der Waals surface area contributed by atoms with Gasteiger partial charge >= 0.3 is 11.7 Å². The number of nitrogens with zero attached hydrogens (tertiary/aromatic N) is 2. The first-order valence-corrected chi connectivity index (χ1v) is 6.13. The minimum Gasteiger partial charge on any atom is -0.502 e. The molecule has 0 bridgehead atoms. The van der Waals surface area contributed by atoms with Crippen LogP contribution in [0.25, 0.3) is 0 Å². The minimum absolute atomic E-state index is 0.234. The number of hydrogen-bond acceptors (Lipinski definition) is 6. The lowest BCUT2D eigenvalue weighted by Crippen LogP contribution is -2.41. The normalized spacial score (nSPS) is 10.3. The summed E-state index contributed by atoms with van der Waals surface area (Å²) in [6, 6.07) is 3.29. The number of rotatable bonds is 5. The SMILES string of the molecule is COC(=O)CN(C(=O)c1cccc([N+](=O)[O-])c1O)C(C)C. The topological polar surface area (TPSA) is 110 Å². The Hall–Kier alpha value is -2.64. The Morgan fingerprint density at radius 1 is 1.43 bits per heavy atom. The van der Waals surface area contributed by atoms with Crippen LogP contribution in [0, 0.1) is 10.1 Å². The second-order valence-electron chi connectivity index (χ2n) is 4.53. The number of hydrogen-bond donors (Lipinski definition) is 1. The summed E-state index contributed by atoms with van der Waals surface area (Å²) >= 11 is 0. The van der Waals surface area contributed by atoms with Crippen LogP contribution in [0.5, 0.6) is 5.75 Å². The van der Waals surface area contributed by atoms with Gasteiger partial charge in [-0.1, -0.05) is 6.07 Å². The van der Waals surface area contributed by atoms with Gasteiger partial charge in [0, 0.05) is 12.1 Å². The van der Waals surface area contributed by atoms with E-state index in [2.05, 4.69) is 4.74 Å². The van der Waals surface area contributed by atoms with Gasteiger partial charge in [0.15, 0.2) is 0 Å². The number of nitro groups is 1. The highest BCUT2D eigenvalue weighted by Gasteiger charge is 2.27. The number of para-hydroxylation sites is 1. The molecule has 0 aliphatic rings. The second-order valence-corrected chi connectivity index (χ2v) is 4.53. The number of carbonyl (C=O) groups excluding carboxylic acids is 2. The standard InChI is InChI=1S/C13H16N2O6/c1-8(2)14(7-11(16)21-3)13(18)9-5-4-6-10(12(9)17)15(19)20/h4-6,8,17H,7H2,1-3H3. The molecule has 8 nitrogen and oxygen atoms in total. The van der Waals surface area contributed by atoms with Crippen molar-refractivity contribution in [1.82, 2.24) is 4.90 Å². The van der Waals surface area contributed by atoms with E-state index >= 15 is 0 Å². The molecule has 0 spiro atoms. The van der Waals surface area contributed by atoms with Crippen molar-refractivity contribution in [1.29, 1.82) is 0 Å². The number of carbonyl (C=O) groups is 2. The monoisotopic (exact) mass is 296 g/mol. The predicted octanol–water partition coefficient (Wildman–Crippen LogP) is 1.32. The van der Waals surface area contributed by atoms with Crippen LogP contribution in [0.4, 0.5) is 5.69 Å². The first-order chi connectivity index (χ1) is 9.79. The molecule has 1 N–H and O–H groups in total. The van der Waals surface area contributed by atoms with Gasteiger partial charge in [-0.15, -0.1) is 0 Å². The number of phenols is 1. The van der Waals surface area contributed by atoms with E-state index in [1.165, 1.54) is 19.2 Å². The van der Waals surface area contributed by atoms with E-state index in [1.54, 1.807) is 13.8 Å². The number of aromatic hydroxyl groups is 1. The van der Waals surface area contributed by atoms with Gasteiger partial charge in [0.2, 0.25) is 5.75 Å². The van der Waals surface area contributed by atoms with Crippen molar-refractivity contribution in [3.8, 4) is 5.75 Å². The Balaban J connectivity index is 3.18. The van der Waals surface area contributed by atoms with Crippen molar-refractivity contribution in [3.05, 3.63) is 33.9 Å². The minimum atomic E-state index is -0.786. The van der Waals surface area contributed by atoms with Crippen molar-refractivity contribution in [3.63, 3.8) is 0 Å². The largest absolute Gasteiger partial charge is 0.502 e. The number of benzene rings is 1. The van der Waals surface area contributed by atoms with E-state index in [4.69, 9.17) is 0 Å². The summed E-state index contributed by atoms with van der Waals surface area (Å²) in [5.41, 5.74) is -0.801. The molecule has 0 saturated heterocycles. The van der Waals surface area contributed by atoms with Gasteiger partial charge in [-0.2, -0.15) is 0 Å².